The first-order chi connectivity index (χ1) is 24.1. The molecule has 49 heavy (non-hydrogen) atoms. The Bertz CT molecular complexity index is 2710. The Hall–Kier alpha value is -6.12. The summed E-state index contributed by atoms with van der Waals surface area (Å²) in [7, 11) is 0. The van der Waals surface area contributed by atoms with E-state index in [-0.39, 0.29) is 5.41 Å². The molecule has 2 heteroatoms. The number of hydrogen-bond acceptors (Lipinski definition) is 0. The van der Waals surface area contributed by atoms with Crippen molar-refractivity contribution in [2.24, 2.45) is 0 Å². The highest BCUT2D eigenvalue weighted by molar-refractivity contribution is 6.19. The van der Waals surface area contributed by atoms with Gasteiger partial charge in [-0.05, 0) is 81.4 Å². The average Bonchev–Trinajstić information content (AvgIpc) is 3.79. The fourth-order valence-corrected chi connectivity index (χ4v) is 8.36. The third-order valence-electron chi connectivity index (χ3n) is 10.7. The molecule has 0 unspecified atom stereocenters. The van der Waals surface area contributed by atoms with Crippen molar-refractivity contribution < 1.29 is 0 Å². The molecule has 0 spiro atoms. The average molecular weight is 627 g/mol. The minimum Gasteiger partial charge on any atom is -0.307 e. The van der Waals surface area contributed by atoms with E-state index in [4.69, 9.17) is 0 Å². The first-order valence-corrected chi connectivity index (χ1v) is 17.1. The Morgan fingerprint density at radius 2 is 1.06 bits per heavy atom. The van der Waals surface area contributed by atoms with Crippen molar-refractivity contribution in [1.82, 2.24) is 9.13 Å². The standard InChI is InChI=1S/C47H34N2/c1-47(2)41-19-11-9-17-37(41)38-27-23-33(29-42(38)47)31-21-25-36(26-22-31)48-43-20-12-10-18-39(43)40-28-24-34-30-44(32-13-5-3-6-14-32)49(45(34)46(40)48)35-15-7-4-8-16-35/h3-30H,1-2H3. The molecule has 0 amide bonds. The second-order valence-electron chi connectivity index (χ2n) is 13.8. The number of benzene rings is 7. The van der Waals surface area contributed by atoms with Crippen LogP contribution in [0, 0.1) is 0 Å². The molecule has 0 radical (unpaired) electrons. The first kappa shape index (κ1) is 27.9. The van der Waals surface area contributed by atoms with Gasteiger partial charge < -0.3 is 9.13 Å². The van der Waals surface area contributed by atoms with Crippen LogP contribution in [0.15, 0.2) is 170 Å². The Labute approximate surface area is 286 Å². The fraction of sp³-hybridized carbons (Fsp3) is 0.0638. The van der Waals surface area contributed by atoms with Crippen molar-refractivity contribution in [3.63, 3.8) is 0 Å². The van der Waals surface area contributed by atoms with E-state index in [0.29, 0.717) is 0 Å². The number of rotatable bonds is 4. The van der Waals surface area contributed by atoms with E-state index in [0.717, 1.165) is 11.4 Å². The molecule has 1 aliphatic carbocycles. The van der Waals surface area contributed by atoms with Crippen LogP contribution in [-0.4, -0.2) is 9.13 Å². The molecule has 2 aromatic heterocycles. The molecule has 10 rings (SSSR count). The maximum atomic E-state index is 2.47. The molecule has 2 heterocycles. The molecule has 0 bridgehead atoms. The Balaban J connectivity index is 1.19. The summed E-state index contributed by atoms with van der Waals surface area (Å²) >= 11 is 0. The second-order valence-corrected chi connectivity index (χ2v) is 13.8. The van der Waals surface area contributed by atoms with Gasteiger partial charge in [0, 0.05) is 32.9 Å². The van der Waals surface area contributed by atoms with Gasteiger partial charge in [0.2, 0.25) is 0 Å². The second kappa shape index (κ2) is 10.4. The van der Waals surface area contributed by atoms with Crippen molar-refractivity contribution in [2.75, 3.05) is 0 Å². The summed E-state index contributed by atoms with van der Waals surface area (Å²) in [5.41, 5.74) is 16.3. The maximum Gasteiger partial charge on any atom is 0.0788 e. The lowest BCUT2D eigenvalue weighted by Gasteiger charge is -2.22. The van der Waals surface area contributed by atoms with Crippen LogP contribution in [0.5, 0.6) is 0 Å². The van der Waals surface area contributed by atoms with Gasteiger partial charge in [0.1, 0.15) is 0 Å². The fourth-order valence-electron chi connectivity index (χ4n) is 8.36. The van der Waals surface area contributed by atoms with Gasteiger partial charge in [-0.15, -0.1) is 0 Å². The van der Waals surface area contributed by atoms with E-state index in [1.165, 1.54) is 77.3 Å². The summed E-state index contributed by atoms with van der Waals surface area (Å²) in [6.07, 6.45) is 0. The highest BCUT2D eigenvalue weighted by atomic mass is 15.0. The van der Waals surface area contributed by atoms with Crippen LogP contribution in [0.25, 0.3) is 77.6 Å². The van der Waals surface area contributed by atoms with Gasteiger partial charge >= 0.3 is 0 Å². The van der Waals surface area contributed by atoms with E-state index in [1.54, 1.807) is 0 Å². The number of nitrogens with zero attached hydrogens (tertiary/aromatic N) is 2. The number of aromatic nitrogens is 2. The minimum absolute atomic E-state index is 0.0253. The lowest BCUT2D eigenvalue weighted by Crippen LogP contribution is -2.14. The van der Waals surface area contributed by atoms with Crippen LogP contribution in [0.1, 0.15) is 25.0 Å². The molecular formula is C47H34N2. The third-order valence-corrected chi connectivity index (χ3v) is 10.7. The number of hydrogen-bond donors (Lipinski definition) is 0. The van der Waals surface area contributed by atoms with Gasteiger partial charge in [0.15, 0.2) is 0 Å². The molecule has 0 saturated carbocycles. The molecule has 0 atom stereocenters. The van der Waals surface area contributed by atoms with Crippen LogP contribution in [0.2, 0.25) is 0 Å². The van der Waals surface area contributed by atoms with E-state index < -0.39 is 0 Å². The zero-order valence-electron chi connectivity index (χ0n) is 27.6. The van der Waals surface area contributed by atoms with E-state index in [1.807, 2.05) is 0 Å². The zero-order chi connectivity index (χ0) is 32.7. The van der Waals surface area contributed by atoms with Crippen LogP contribution >= 0.6 is 0 Å². The first-order valence-electron chi connectivity index (χ1n) is 17.1. The zero-order valence-corrected chi connectivity index (χ0v) is 27.6. The highest BCUT2D eigenvalue weighted by Crippen LogP contribution is 2.49. The largest absolute Gasteiger partial charge is 0.307 e. The molecule has 2 nitrogen and oxygen atoms in total. The molecular weight excluding hydrogens is 593 g/mol. The van der Waals surface area contributed by atoms with Crippen LogP contribution < -0.4 is 0 Å². The van der Waals surface area contributed by atoms with E-state index in [9.17, 15) is 0 Å². The normalized spacial score (nSPS) is 13.3. The van der Waals surface area contributed by atoms with Gasteiger partial charge in [0.05, 0.1) is 22.2 Å². The smallest absolute Gasteiger partial charge is 0.0788 e. The van der Waals surface area contributed by atoms with Crippen molar-refractivity contribution in [2.45, 2.75) is 19.3 Å². The highest BCUT2D eigenvalue weighted by Gasteiger charge is 2.35. The van der Waals surface area contributed by atoms with Crippen molar-refractivity contribution in [3.8, 4) is 44.9 Å². The van der Waals surface area contributed by atoms with Crippen LogP contribution in [-0.2, 0) is 5.41 Å². The molecule has 0 saturated heterocycles. The van der Waals surface area contributed by atoms with Gasteiger partial charge in [-0.3, -0.25) is 0 Å². The molecule has 232 valence electrons. The van der Waals surface area contributed by atoms with Gasteiger partial charge in [-0.25, -0.2) is 0 Å². The van der Waals surface area contributed by atoms with Crippen LogP contribution in [0.3, 0.4) is 0 Å². The predicted octanol–water partition coefficient (Wildman–Crippen LogP) is 12.4. The number of para-hydroxylation sites is 2. The minimum atomic E-state index is -0.0253. The summed E-state index contributed by atoms with van der Waals surface area (Å²) in [5.74, 6) is 0. The van der Waals surface area contributed by atoms with Crippen molar-refractivity contribution in [3.05, 3.63) is 181 Å². The lowest BCUT2D eigenvalue weighted by molar-refractivity contribution is 0.660. The number of fused-ring (bicyclic) bond motifs is 8. The Morgan fingerprint density at radius 3 is 1.88 bits per heavy atom. The summed E-state index contributed by atoms with van der Waals surface area (Å²) in [6, 6.07) is 62.3. The Kier molecular flexibility index (Phi) is 5.95. The molecule has 0 aliphatic heterocycles. The molecule has 7 aromatic carbocycles. The summed E-state index contributed by atoms with van der Waals surface area (Å²) in [6.45, 7) is 4.70. The van der Waals surface area contributed by atoms with Gasteiger partial charge in [0.25, 0.3) is 0 Å². The van der Waals surface area contributed by atoms with Crippen molar-refractivity contribution in [1.29, 1.82) is 0 Å². The van der Waals surface area contributed by atoms with E-state index >= 15 is 0 Å². The molecule has 0 N–H and O–H groups in total. The molecule has 0 fully saturated rings. The SMILES string of the molecule is CC1(C)c2ccccc2-c2ccc(-c3ccc(-n4c5ccccc5c5ccc6cc(-c7ccccc7)n(-c7ccccc7)c6c54)cc3)cc21. The predicted molar refractivity (Wildman–Crippen MR) is 206 cm³/mol. The third kappa shape index (κ3) is 4.07. The topological polar surface area (TPSA) is 9.86 Å². The van der Waals surface area contributed by atoms with E-state index in [2.05, 4.69) is 193 Å². The summed E-state index contributed by atoms with van der Waals surface area (Å²) in [5, 5.41) is 3.73. The lowest BCUT2D eigenvalue weighted by atomic mass is 9.81. The maximum absolute atomic E-state index is 2.47. The quantitative estimate of drug-likeness (QED) is 0.184. The summed E-state index contributed by atoms with van der Waals surface area (Å²) in [4.78, 5) is 0. The van der Waals surface area contributed by atoms with Gasteiger partial charge in [-0.2, -0.15) is 0 Å². The monoisotopic (exact) mass is 626 g/mol. The molecule has 1 aliphatic rings. The van der Waals surface area contributed by atoms with Crippen molar-refractivity contribution >= 4 is 32.7 Å². The molecule has 9 aromatic rings. The van der Waals surface area contributed by atoms with Gasteiger partial charge in [-0.1, -0.05) is 141 Å². The van der Waals surface area contributed by atoms with Crippen LogP contribution in [0.4, 0.5) is 0 Å². The summed E-state index contributed by atoms with van der Waals surface area (Å²) < 4.78 is 4.91. The Morgan fingerprint density at radius 1 is 0.408 bits per heavy atom.